The smallest absolute Gasteiger partial charge is 0.246 e. The SMILES string of the molecule is CN(CCCOc1cccc(S(C)(=O)=O)c1)C(=O)C(C)(N)c1ccccc1.Cl. The zero-order valence-corrected chi connectivity index (χ0v) is 17.9. The van der Waals surface area contributed by atoms with Crippen LogP contribution in [0.2, 0.25) is 0 Å². The summed E-state index contributed by atoms with van der Waals surface area (Å²) in [7, 11) is -1.56. The molecule has 2 N–H and O–H groups in total. The van der Waals surface area contributed by atoms with Crippen LogP contribution in [0, 0.1) is 0 Å². The number of ether oxygens (including phenoxy) is 1. The van der Waals surface area contributed by atoms with E-state index in [1.807, 2.05) is 30.3 Å². The number of rotatable bonds is 8. The summed E-state index contributed by atoms with van der Waals surface area (Å²) >= 11 is 0. The maximum absolute atomic E-state index is 12.7. The fourth-order valence-electron chi connectivity index (χ4n) is 2.69. The number of carbonyl (C=O) groups is 1. The van der Waals surface area contributed by atoms with Crippen molar-refractivity contribution in [2.75, 3.05) is 26.5 Å². The largest absolute Gasteiger partial charge is 0.493 e. The van der Waals surface area contributed by atoms with Gasteiger partial charge in [0.1, 0.15) is 11.3 Å². The van der Waals surface area contributed by atoms with E-state index in [0.717, 1.165) is 11.8 Å². The molecule has 2 aromatic rings. The van der Waals surface area contributed by atoms with Gasteiger partial charge in [0.25, 0.3) is 0 Å². The van der Waals surface area contributed by atoms with Crippen molar-refractivity contribution < 1.29 is 17.9 Å². The first-order chi connectivity index (χ1) is 12.6. The lowest BCUT2D eigenvalue weighted by atomic mass is 9.92. The molecule has 0 radical (unpaired) electrons. The summed E-state index contributed by atoms with van der Waals surface area (Å²) in [5.74, 6) is 0.313. The lowest BCUT2D eigenvalue weighted by Crippen LogP contribution is -2.50. The first kappa shape index (κ1) is 23.9. The Labute approximate surface area is 173 Å². The van der Waals surface area contributed by atoms with Gasteiger partial charge in [-0.2, -0.15) is 0 Å². The molecule has 0 aromatic heterocycles. The van der Waals surface area contributed by atoms with Crippen molar-refractivity contribution in [3.63, 3.8) is 0 Å². The average molecular weight is 427 g/mol. The number of carbonyl (C=O) groups excluding carboxylic acids is 1. The highest BCUT2D eigenvalue weighted by Gasteiger charge is 2.32. The third-order valence-electron chi connectivity index (χ3n) is 4.30. The summed E-state index contributed by atoms with van der Waals surface area (Å²) < 4.78 is 28.8. The van der Waals surface area contributed by atoms with Gasteiger partial charge >= 0.3 is 0 Å². The van der Waals surface area contributed by atoms with E-state index < -0.39 is 15.4 Å². The number of nitrogens with zero attached hydrogens (tertiary/aromatic N) is 1. The van der Waals surface area contributed by atoms with E-state index in [-0.39, 0.29) is 23.2 Å². The van der Waals surface area contributed by atoms with Gasteiger partial charge in [0.2, 0.25) is 5.91 Å². The molecule has 0 aliphatic rings. The van der Waals surface area contributed by atoms with Crippen LogP contribution in [0.15, 0.2) is 59.5 Å². The van der Waals surface area contributed by atoms with Gasteiger partial charge in [0.05, 0.1) is 11.5 Å². The summed E-state index contributed by atoms with van der Waals surface area (Å²) in [6.07, 6.45) is 1.75. The van der Waals surface area contributed by atoms with E-state index in [4.69, 9.17) is 10.5 Å². The first-order valence-electron chi connectivity index (χ1n) is 8.65. The van der Waals surface area contributed by atoms with Gasteiger partial charge in [0, 0.05) is 19.8 Å². The monoisotopic (exact) mass is 426 g/mol. The fourth-order valence-corrected chi connectivity index (χ4v) is 3.35. The Morgan fingerprint density at radius 3 is 2.39 bits per heavy atom. The lowest BCUT2D eigenvalue weighted by molar-refractivity contribution is -0.135. The van der Waals surface area contributed by atoms with Crippen molar-refractivity contribution in [1.29, 1.82) is 0 Å². The Balaban J connectivity index is 0.00000392. The molecule has 2 rings (SSSR count). The van der Waals surface area contributed by atoms with Crippen LogP contribution >= 0.6 is 12.4 Å². The molecule has 0 bridgehead atoms. The molecular weight excluding hydrogens is 400 g/mol. The van der Waals surface area contributed by atoms with Gasteiger partial charge in [-0.25, -0.2) is 8.42 Å². The topological polar surface area (TPSA) is 89.7 Å². The highest BCUT2D eigenvalue weighted by atomic mass is 35.5. The minimum atomic E-state index is -3.27. The van der Waals surface area contributed by atoms with Crippen molar-refractivity contribution >= 4 is 28.2 Å². The number of likely N-dealkylation sites (N-methyl/N-ethyl adjacent to an activating group) is 1. The Morgan fingerprint density at radius 1 is 1.14 bits per heavy atom. The predicted molar refractivity (Wildman–Crippen MR) is 113 cm³/mol. The summed E-state index contributed by atoms with van der Waals surface area (Å²) in [4.78, 5) is 14.5. The first-order valence-corrected chi connectivity index (χ1v) is 10.5. The number of benzene rings is 2. The fraction of sp³-hybridized carbons (Fsp3) is 0.350. The highest BCUT2D eigenvalue weighted by Crippen LogP contribution is 2.20. The number of hydrogen-bond acceptors (Lipinski definition) is 5. The Kier molecular flexibility index (Phi) is 8.48. The molecule has 0 aliphatic carbocycles. The number of nitrogens with two attached hydrogens (primary N) is 1. The molecule has 0 spiro atoms. The Bertz CT molecular complexity index is 886. The molecule has 154 valence electrons. The minimum Gasteiger partial charge on any atom is -0.493 e. The molecule has 6 nitrogen and oxygen atoms in total. The van der Waals surface area contributed by atoms with Crippen LogP contribution in [-0.2, 0) is 20.2 Å². The summed E-state index contributed by atoms with van der Waals surface area (Å²) in [6, 6.07) is 15.6. The normalized spacial score (nSPS) is 13.1. The predicted octanol–water partition coefficient (Wildman–Crippen LogP) is 2.61. The van der Waals surface area contributed by atoms with Crippen molar-refractivity contribution in [3.05, 3.63) is 60.2 Å². The molecule has 0 heterocycles. The van der Waals surface area contributed by atoms with E-state index in [0.29, 0.717) is 25.3 Å². The third-order valence-corrected chi connectivity index (χ3v) is 5.41. The van der Waals surface area contributed by atoms with E-state index in [1.165, 1.54) is 12.1 Å². The number of sulfone groups is 1. The molecule has 28 heavy (non-hydrogen) atoms. The summed E-state index contributed by atoms with van der Waals surface area (Å²) in [6.45, 7) is 2.54. The van der Waals surface area contributed by atoms with Gasteiger partial charge in [0.15, 0.2) is 9.84 Å². The van der Waals surface area contributed by atoms with Crippen LogP contribution in [0.4, 0.5) is 0 Å². The molecule has 1 amide bonds. The van der Waals surface area contributed by atoms with E-state index in [9.17, 15) is 13.2 Å². The molecular formula is C20H27ClN2O4S. The quantitative estimate of drug-likeness (QED) is 0.655. The van der Waals surface area contributed by atoms with Crippen LogP contribution in [0.5, 0.6) is 5.75 Å². The molecule has 8 heteroatoms. The zero-order valence-electron chi connectivity index (χ0n) is 16.3. The maximum Gasteiger partial charge on any atom is 0.246 e. The Morgan fingerprint density at radius 2 is 1.79 bits per heavy atom. The number of amides is 1. The van der Waals surface area contributed by atoms with Gasteiger partial charge in [-0.1, -0.05) is 36.4 Å². The summed E-state index contributed by atoms with van der Waals surface area (Å²) in [5, 5.41) is 0. The third kappa shape index (κ3) is 6.22. The van der Waals surface area contributed by atoms with Crippen LogP contribution in [0.25, 0.3) is 0 Å². The maximum atomic E-state index is 12.7. The van der Waals surface area contributed by atoms with Crippen molar-refractivity contribution in [2.45, 2.75) is 23.8 Å². The van der Waals surface area contributed by atoms with Crippen molar-refractivity contribution in [3.8, 4) is 5.75 Å². The lowest BCUT2D eigenvalue weighted by Gasteiger charge is -2.29. The van der Waals surface area contributed by atoms with E-state index >= 15 is 0 Å². The molecule has 0 saturated carbocycles. The Hall–Kier alpha value is -2.09. The molecule has 1 atom stereocenters. The number of hydrogen-bond donors (Lipinski definition) is 1. The van der Waals surface area contributed by atoms with Crippen LogP contribution in [0.3, 0.4) is 0 Å². The van der Waals surface area contributed by atoms with Gasteiger partial charge in [-0.15, -0.1) is 12.4 Å². The van der Waals surface area contributed by atoms with Crippen LogP contribution in [-0.4, -0.2) is 45.7 Å². The average Bonchev–Trinajstić information content (AvgIpc) is 2.64. The highest BCUT2D eigenvalue weighted by molar-refractivity contribution is 7.90. The second-order valence-electron chi connectivity index (χ2n) is 6.74. The van der Waals surface area contributed by atoms with Crippen LogP contribution in [0.1, 0.15) is 18.9 Å². The van der Waals surface area contributed by atoms with E-state index in [2.05, 4.69) is 0 Å². The molecule has 0 aliphatic heterocycles. The molecule has 0 saturated heterocycles. The van der Waals surface area contributed by atoms with Gasteiger partial charge in [-0.05, 0) is 37.1 Å². The van der Waals surface area contributed by atoms with E-state index in [1.54, 1.807) is 31.0 Å². The zero-order chi connectivity index (χ0) is 20.1. The van der Waals surface area contributed by atoms with Crippen LogP contribution < -0.4 is 10.5 Å². The van der Waals surface area contributed by atoms with Gasteiger partial charge in [-0.3, -0.25) is 4.79 Å². The number of halogens is 1. The molecule has 2 aromatic carbocycles. The minimum absolute atomic E-state index is 0. The van der Waals surface area contributed by atoms with Gasteiger partial charge < -0.3 is 15.4 Å². The van der Waals surface area contributed by atoms with Crippen molar-refractivity contribution in [2.24, 2.45) is 5.73 Å². The standard InChI is InChI=1S/C20H26N2O4S.ClH/c1-20(21,16-9-5-4-6-10-16)19(23)22(2)13-8-14-26-17-11-7-12-18(15-17)27(3,24)25;/h4-7,9-12,15H,8,13-14,21H2,1-3H3;1H. The molecule has 1 unspecified atom stereocenters. The summed E-state index contributed by atoms with van der Waals surface area (Å²) in [5.41, 5.74) is 5.92. The second kappa shape index (κ2) is 9.91. The second-order valence-corrected chi connectivity index (χ2v) is 8.76. The molecule has 0 fully saturated rings. The van der Waals surface area contributed by atoms with Crippen molar-refractivity contribution in [1.82, 2.24) is 4.90 Å².